The summed E-state index contributed by atoms with van der Waals surface area (Å²) in [5.41, 5.74) is 0.956. The van der Waals surface area contributed by atoms with E-state index in [9.17, 15) is 10.1 Å². The molecule has 0 aliphatic rings. The molecule has 7 heteroatoms. The van der Waals surface area contributed by atoms with E-state index in [1.165, 1.54) is 5.57 Å². The van der Waals surface area contributed by atoms with E-state index in [2.05, 4.69) is 51.4 Å². The molecule has 0 saturated carbocycles. The van der Waals surface area contributed by atoms with E-state index in [-0.39, 0.29) is 18.5 Å². The Bertz CT molecular complexity index is 794. The summed E-state index contributed by atoms with van der Waals surface area (Å²) in [5, 5.41) is 10.1. The van der Waals surface area contributed by atoms with Crippen LogP contribution in [0.4, 0.5) is 0 Å². The molecule has 0 fully saturated rings. The molecule has 0 aromatic heterocycles. The fraction of sp³-hybridized carbons (Fsp3) is 0.667. The minimum Gasteiger partial charge on any atom is -0.493 e. The molecular formula is C30H50N2O5. The van der Waals surface area contributed by atoms with Crippen LogP contribution in [-0.2, 0) is 23.7 Å². The third-order valence-electron chi connectivity index (χ3n) is 6.64. The molecule has 0 radical (unpaired) electrons. The number of hydrogen-bond donors (Lipinski definition) is 0. The molecule has 210 valence electrons. The van der Waals surface area contributed by atoms with Crippen LogP contribution in [0.5, 0.6) is 0 Å². The maximum Gasteiger partial charge on any atom is 0.332 e. The maximum absolute atomic E-state index is 11.3. The Hall–Kier alpha value is -2.56. The summed E-state index contributed by atoms with van der Waals surface area (Å²) in [4.78, 5) is 13.7. The van der Waals surface area contributed by atoms with Crippen LogP contribution in [0.3, 0.4) is 0 Å². The number of methoxy groups -OCH3 is 2. The highest BCUT2D eigenvalue weighted by molar-refractivity contribution is 5.70. The van der Waals surface area contributed by atoms with Crippen molar-refractivity contribution >= 4 is 5.97 Å². The van der Waals surface area contributed by atoms with Crippen LogP contribution >= 0.6 is 0 Å². The number of allylic oxidation sites excluding steroid dienone is 4. The fourth-order valence-electron chi connectivity index (χ4n) is 4.05. The SMILES string of the molecule is C=C/C(OC)=C(\C=C/CC(C#N)(CCCN(C)CC/C(=C/C)CCCOCC(=O)OCC)C(C)C)OC. The van der Waals surface area contributed by atoms with Gasteiger partial charge in [-0.05, 0) is 84.0 Å². The normalized spacial score (nSPS) is 14.3. The molecule has 0 spiro atoms. The van der Waals surface area contributed by atoms with Crippen molar-refractivity contribution in [2.24, 2.45) is 11.3 Å². The number of ether oxygens (including phenoxy) is 4. The Morgan fingerprint density at radius 2 is 1.84 bits per heavy atom. The molecule has 0 aromatic carbocycles. The van der Waals surface area contributed by atoms with E-state index in [0.29, 0.717) is 31.2 Å². The standard InChI is InChI=1S/C30H50N2O5/c1-9-26(15-13-22-36-23-29(33)37-11-3)17-21-32(6)20-14-19-30(24-31,25(4)5)18-12-16-28(35-8)27(10-2)34-7/h9-10,12,16,25H,2,11,13-15,17-23H2,1,3-8H3/b16-12-,26-9+,28-27-. The molecule has 0 rings (SSSR count). The minimum atomic E-state index is -0.435. The second-order valence-corrected chi connectivity index (χ2v) is 9.43. The van der Waals surface area contributed by atoms with Crippen molar-refractivity contribution in [2.45, 2.75) is 66.2 Å². The first-order valence-electron chi connectivity index (χ1n) is 13.3. The summed E-state index contributed by atoms with van der Waals surface area (Å²) in [7, 11) is 5.31. The lowest BCUT2D eigenvalue weighted by Crippen LogP contribution is -2.28. The first kappa shape index (κ1) is 34.4. The molecule has 0 heterocycles. The van der Waals surface area contributed by atoms with Crippen molar-refractivity contribution in [2.75, 3.05) is 54.2 Å². The van der Waals surface area contributed by atoms with Crippen LogP contribution in [0.15, 0.2) is 48.0 Å². The average molecular weight is 519 g/mol. The smallest absolute Gasteiger partial charge is 0.332 e. The van der Waals surface area contributed by atoms with E-state index in [0.717, 1.165) is 45.2 Å². The van der Waals surface area contributed by atoms with E-state index in [1.54, 1.807) is 27.2 Å². The molecule has 1 atom stereocenters. The highest BCUT2D eigenvalue weighted by atomic mass is 16.6. The molecule has 0 aliphatic carbocycles. The molecule has 37 heavy (non-hydrogen) atoms. The third-order valence-corrected chi connectivity index (χ3v) is 6.64. The van der Waals surface area contributed by atoms with Crippen molar-refractivity contribution in [3.8, 4) is 6.07 Å². The number of carbonyl (C=O) groups excluding carboxylic acids is 1. The minimum absolute atomic E-state index is 0.0192. The van der Waals surface area contributed by atoms with Crippen LogP contribution in [-0.4, -0.2) is 65.0 Å². The van der Waals surface area contributed by atoms with Crippen LogP contribution in [0, 0.1) is 22.7 Å². The van der Waals surface area contributed by atoms with Gasteiger partial charge in [0.25, 0.3) is 0 Å². The fourth-order valence-corrected chi connectivity index (χ4v) is 4.05. The Morgan fingerprint density at radius 1 is 1.14 bits per heavy atom. The van der Waals surface area contributed by atoms with E-state index >= 15 is 0 Å². The maximum atomic E-state index is 11.3. The van der Waals surface area contributed by atoms with Gasteiger partial charge in [-0.15, -0.1) is 0 Å². The van der Waals surface area contributed by atoms with Gasteiger partial charge >= 0.3 is 5.97 Å². The third kappa shape index (κ3) is 14.1. The summed E-state index contributed by atoms with van der Waals surface area (Å²) >= 11 is 0. The summed E-state index contributed by atoms with van der Waals surface area (Å²) in [6.07, 6.45) is 12.9. The predicted octanol–water partition coefficient (Wildman–Crippen LogP) is 6.20. The van der Waals surface area contributed by atoms with Gasteiger partial charge in [0.15, 0.2) is 11.5 Å². The molecule has 0 aliphatic heterocycles. The molecule has 1 unspecified atom stereocenters. The van der Waals surface area contributed by atoms with Crippen LogP contribution in [0.2, 0.25) is 0 Å². The molecule has 0 amide bonds. The van der Waals surface area contributed by atoms with Gasteiger partial charge in [-0.3, -0.25) is 0 Å². The van der Waals surface area contributed by atoms with Crippen LogP contribution in [0.1, 0.15) is 66.2 Å². The van der Waals surface area contributed by atoms with Gasteiger partial charge in [-0.1, -0.05) is 38.2 Å². The van der Waals surface area contributed by atoms with Crippen molar-refractivity contribution in [1.82, 2.24) is 4.90 Å². The van der Waals surface area contributed by atoms with Gasteiger partial charge in [0.05, 0.1) is 32.3 Å². The van der Waals surface area contributed by atoms with Crippen molar-refractivity contribution in [3.05, 3.63) is 48.0 Å². The number of carbonyl (C=O) groups is 1. The molecule has 0 saturated heterocycles. The first-order chi connectivity index (χ1) is 17.7. The Kier molecular flexibility index (Phi) is 19.1. The molecular weight excluding hydrogens is 468 g/mol. The Labute approximate surface area is 225 Å². The van der Waals surface area contributed by atoms with Gasteiger partial charge < -0.3 is 23.8 Å². The number of rotatable bonds is 21. The monoisotopic (exact) mass is 518 g/mol. The van der Waals surface area contributed by atoms with Crippen LogP contribution in [0.25, 0.3) is 0 Å². The van der Waals surface area contributed by atoms with Gasteiger partial charge in [0, 0.05) is 13.2 Å². The lowest BCUT2D eigenvalue weighted by molar-refractivity contribution is -0.148. The number of esters is 1. The predicted molar refractivity (Wildman–Crippen MR) is 150 cm³/mol. The number of nitriles is 1. The molecule has 7 nitrogen and oxygen atoms in total. The number of hydrogen-bond acceptors (Lipinski definition) is 7. The quantitative estimate of drug-likeness (QED) is 0.0588. The van der Waals surface area contributed by atoms with Gasteiger partial charge in [0.2, 0.25) is 0 Å². The summed E-state index contributed by atoms with van der Waals surface area (Å²) in [6, 6.07) is 2.62. The van der Waals surface area contributed by atoms with E-state index < -0.39 is 5.41 Å². The lowest BCUT2D eigenvalue weighted by atomic mass is 9.72. The summed E-state index contributed by atoms with van der Waals surface area (Å²) in [6.45, 7) is 14.7. The van der Waals surface area contributed by atoms with E-state index in [1.807, 2.05) is 12.2 Å². The van der Waals surface area contributed by atoms with Crippen LogP contribution < -0.4 is 0 Å². The van der Waals surface area contributed by atoms with Gasteiger partial charge in [-0.25, -0.2) is 4.79 Å². The number of nitrogens with zero attached hydrogens (tertiary/aromatic N) is 2. The zero-order chi connectivity index (χ0) is 28.1. The first-order valence-corrected chi connectivity index (χ1v) is 13.3. The van der Waals surface area contributed by atoms with Crippen molar-refractivity contribution < 1.29 is 23.7 Å². The van der Waals surface area contributed by atoms with Gasteiger partial charge in [-0.2, -0.15) is 5.26 Å². The largest absolute Gasteiger partial charge is 0.493 e. The second-order valence-electron chi connectivity index (χ2n) is 9.43. The lowest BCUT2D eigenvalue weighted by Gasteiger charge is -2.30. The summed E-state index contributed by atoms with van der Waals surface area (Å²) in [5.74, 6) is 1.08. The molecule has 0 bridgehead atoms. The highest BCUT2D eigenvalue weighted by Gasteiger charge is 2.32. The highest BCUT2D eigenvalue weighted by Crippen LogP contribution is 2.36. The van der Waals surface area contributed by atoms with Crippen molar-refractivity contribution in [3.63, 3.8) is 0 Å². The second kappa shape index (κ2) is 20.5. The summed E-state index contributed by atoms with van der Waals surface area (Å²) < 4.78 is 20.9. The molecule has 0 aromatic rings. The van der Waals surface area contributed by atoms with Gasteiger partial charge in [0.1, 0.15) is 6.61 Å². The average Bonchev–Trinajstić information content (AvgIpc) is 2.88. The van der Waals surface area contributed by atoms with E-state index in [4.69, 9.17) is 18.9 Å². The zero-order valence-corrected chi connectivity index (χ0v) is 24.3. The Morgan fingerprint density at radius 3 is 2.38 bits per heavy atom. The zero-order valence-electron chi connectivity index (χ0n) is 24.3. The topological polar surface area (TPSA) is 81.0 Å². The van der Waals surface area contributed by atoms with Crippen molar-refractivity contribution in [1.29, 1.82) is 5.26 Å². The molecule has 0 N–H and O–H groups in total. The Balaban J connectivity index is 4.66.